The van der Waals surface area contributed by atoms with Gasteiger partial charge in [-0.25, -0.2) is 0 Å². The monoisotopic (exact) mass is 353 g/mol. The zero-order chi connectivity index (χ0) is 16.7. The fourth-order valence-electron chi connectivity index (χ4n) is 1.73. The second-order valence-electron chi connectivity index (χ2n) is 4.71. The van der Waals surface area contributed by atoms with Crippen LogP contribution in [0.25, 0.3) is 0 Å². The maximum absolute atomic E-state index is 12.5. The van der Waals surface area contributed by atoms with Gasteiger partial charge in [-0.3, -0.25) is 8.42 Å². The van der Waals surface area contributed by atoms with Gasteiger partial charge in [0.25, 0.3) is 0 Å². The van der Waals surface area contributed by atoms with Crippen molar-refractivity contribution >= 4 is 26.2 Å². The lowest BCUT2D eigenvalue weighted by Gasteiger charge is -2.31. The molecule has 0 amide bonds. The van der Waals surface area contributed by atoms with Crippen molar-refractivity contribution in [2.75, 3.05) is 17.3 Å². The summed E-state index contributed by atoms with van der Waals surface area (Å²) in [4.78, 5) is 11.9. The molecule has 0 aliphatic heterocycles. The molecule has 0 aromatic carbocycles. The van der Waals surface area contributed by atoms with Crippen molar-refractivity contribution in [2.45, 2.75) is 52.0 Å². The first-order chi connectivity index (χ1) is 9.53. The Hall–Kier alpha value is -0.280. The Morgan fingerprint density at radius 1 is 1.05 bits per heavy atom. The lowest BCUT2D eigenvalue weighted by Crippen LogP contribution is -2.34. The van der Waals surface area contributed by atoms with Crippen LogP contribution in [0.4, 0.5) is 13.2 Å². The first-order valence-corrected chi connectivity index (χ1v) is 10.4. The number of carbonyl (C=O) groups excluding carboxylic acids is 1. The number of rotatable bonds is 10. The first kappa shape index (κ1) is 20.7. The molecular weight excluding hydrogens is 329 g/mol. The highest BCUT2D eigenvalue weighted by molar-refractivity contribution is 8.32. The molecule has 0 radical (unpaired) electrons. The summed E-state index contributed by atoms with van der Waals surface area (Å²) in [5.41, 5.74) is -5.40. The van der Waals surface area contributed by atoms with E-state index in [4.69, 9.17) is 0 Å². The summed E-state index contributed by atoms with van der Waals surface area (Å²) in [6.07, 6.45) is 2.73. The van der Waals surface area contributed by atoms with Gasteiger partial charge in [0.05, 0.1) is 5.75 Å². The molecule has 0 saturated heterocycles. The van der Waals surface area contributed by atoms with Crippen LogP contribution in [0.15, 0.2) is 0 Å². The van der Waals surface area contributed by atoms with Gasteiger partial charge < -0.3 is 0 Å². The molecule has 0 unspecified atom stereocenters. The van der Waals surface area contributed by atoms with Crippen LogP contribution in [-0.2, 0) is 14.9 Å². The van der Waals surface area contributed by atoms with Crippen LogP contribution in [0, 0.1) is 0 Å². The highest BCUT2D eigenvalue weighted by Crippen LogP contribution is 2.49. The molecule has 0 saturated carbocycles. The summed E-state index contributed by atoms with van der Waals surface area (Å²) in [5, 5.41) is 0. The maximum atomic E-state index is 12.5. The Morgan fingerprint density at radius 3 is 1.95 bits per heavy atom. The number of unbranched alkanes of at least 4 members (excludes halogenated alkanes) is 2. The highest BCUT2D eigenvalue weighted by Gasteiger charge is 2.56. The van der Waals surface area contributed by atoms with Gasteiger partial charge in [0.1, 0.15) is 5.78 Å². The number of hydrogen-bond acceptors (Lipinski definition) is 3. The van der Waals surface area contributed by atoms with E-state index in [2.05, 4.69) is 3.63 Å². The van der Waals surface area contributed by atoms with Gasteiger partial charge in [0.2, 0.25) is 0 Å². The summed E-state index contributed by atoms with van der Waals surface area (Å²) >= 11 is 0. The summed E-state index contributed by atoms with van der Waals surface area (Å²) in [6, 6.07) is 0. The Balaban J connectivity index is 4.98. The van der Waals surface area contributed by atoms with Crippen LogP contribution < -0.4 is 0 Å². The standard InChI is InChI=1S/C12H23F3O4S2/c1-4-7-8-9-11(16)10-20(5-2,6-3)19-21(17,18)12(13,14)15/h4-10H2,1-3H3/p+1. The van der Waals surface area contributed by atoms with Crippen LogP contribution >= 0.6 is 10.3 Å². The van der Waals surface area contributed by atoms with E-state index in [9.17, 15) is 26.4 Å². The number of Topliss-reactive ketones (excluding diaryl/α,β-unsaturated/α-hetero) is 1. The van der Waals surface area contributed by atoms with Gasteiger partial charge in [-0.15, -0.1) is 8.42 Å². The van der Waals surface area contributed by atoms with E-state index in [0.29, 0.717) is 6.42 Å². The molecule has 4 nitrogen and oxygen atoms in total. The molecule has 0 aromatic heterocycles. The Morgan fingerprint density at radius 2 is 1.57 bits per heavy atom. The lowest BCUT2D eigenvalue weighted by molar-refractivity contribution is -0.116. The molecular formula is C12H24F3O4S2+. The van der Waals surface area contributed by atoms with Crippen LogP contribution in [-0.4, -0.2) is 40.6 Å². The Bertz CT molecular complexity index is 428. The van der Waals surface area contributed by atoms with Crippen molar-refractivity contribution in [1.29, 1.82) is 0 Å². The third-order valence-electron chi connectivity index (χ3n) is 3.11. The largest absolute Gasteiger partial charge is 0.572 e. The minimum Gasteiger partial charge on any atom is -0.299 e. The molecule has 0 fully saturated rings. The van der Waals surface area contributed by atoms with Crippen molar-refractivity contribution in [1.82, 2.24) is 0 Å². The molecule has 0 atom stereocenters. The number of alkyl halides is 3. The molecule has 0 heterocycles. The molecule has 1 N–H and O–H groups in total. The average Bonchev–Trinajstić information content (AvgIpc) is 2.36. The van der Waals surface area contributed by atoms with Crippen molar-refractivity contribution in [3.63, 3.8) is 0 Å². The van der Waals surface area contributed by atoms with Gasteiger partial charge in [-0.2, -0.15) is 13.2 Å². The summed E-state index contributed by atoms with van der Waals surface area (Å²) < 4.78 is 63.0. The van der Waals surface area contributed by atoms with E-state index in [0.717, 1.165) is 12.8 Å². The van der Waals surface area contributed by atoms with Crippen LogP contribution in [0.1, 0.15) is 46.5 Å². The van der Waals surface area contributed by atoms with E-state index >= 15 is 0 Å². The van der Waals surface area contributed by atoms with Crippen molar-refractivity contribution < 1.29 is 30.0 Å². The van der Waals surface area contributed by atoms with E-state index in [1.54, 1.807) is 13.8 Å². The van der Waals surface area contributed by atoms with Crippen LogP contribution in [0.2, 0.25) is 0 Å². The van der Waals surface area contributed by atoms with Gasteiger partial charge in [0.15, 0.2) is 0 Å². The number of ketones is 1. The van der Waals surface area contributed by atoms with Gasteiger partial charge in [-0.05, 0) is 16.7 Å². The van der Waals surface area contributed by atoms with Gasteiger partial charge in [0, 0.05) is 17.9 Å². The third kappa shape index (κ3) is 6.56. The Labute approximate surface area is 126 Å². The fraction of sp³-hybridized carbons (Fsp3) is 0.917. The van der Waals surface area contributed by atoms with E-state index in [-0.39, 0.29) is 29.5 Å². The second kappa shape index (κ2) is 8.38. The third-order valence-corrected chi connectivity index (χ3v) is 8.76. The highest BCUT2D eigenvalue weighted by atomic mass is 32.3. The normalized spacial score (nSPS) is 14.2. The molecule has 0 rings (SSSR count). The fourth-order valence-corrected chi connectivity index (χ4v) is 6.35. The molecule has 0 aromatic rings. The SMILES string of the molecule is CCCCCC(=O)CS(CC)(CC)[OH+]S(=O)(=O)C(F)(F)F. The van der Waals surface area contributed by atoms with Crippen molar-refractivity contribution in [3.8, 4) is 0 Å². The Kier molecular flexibility index (Phi) is 8.27. The molecule has 21 heavy (non-hydrogen) atoms. The van der Waals surface area contributed by atoms with Crippen molar-refractivity contribution in [2.24, 2.45) is 0 Å². The first-order valence-electron chi connectivity index (χ1n) is 6.87. The zero-order valence-corrected chi connectivity index (χ0v) is 14.2. The van der Waals surface area contributed by atoms with Crippen LogP contribution in [0.3, 0.4) is 0 Å². The van der Waals surface area contributed by atoms with Gasteiger partial charge >= 0.3 is 15.6 Å². The van der Waals surface area contributed by atoms with E-state index in [1.165, 1.54) is 0 Å². The van der Waals surface area contributed by atoms with Gasteiger partial charge in [-0.1, -0.05) is 33.6 Å². The van der Waals surface area contributed by atoms with Crippen molar-refractivity contribution in [3.05, 3.63) is 0 Å². The number of hydrogen-bond donors (Lipinski definition) is 0. The summed E-state index contributed by atoms with van der Waals surface area (Å²) in [6.45, 7) is 5.13. The zero-order valence-electron chi connectivity index (χ0n) is 12.6. The summed E-state index contributed by atoms with van der Waals surface area (Å²) in [5.74, 6) is -0.0846. The average molecular weight is 353 g/mol. The number of halogens is 3. The molecule has 9 heteroatoms. The molecule has 128 valence electrons. The molecule has 0 bridgehead atoms. The predicted molar refractivity (Wildman–Crippen MR) is 80.3 cm³/mol. The summed E-state index contributed by atoms with van der Waals surface area (Å²) in [7, 11) is -8.02. The minimum atomic E-state index is -5.54. The lowest BCUT2D eigenvalue weighted by atomic mass is 10.2. The minimum absolute atomic E-state index is 0.151. The smallest absolute Gasteiger partial charge is 0.299 e. The van der Waals surface area contributed by atoms with Crippen LogP contribution in [0.5, 0.6) is 0 Å². The quantitative estimate of drug-likeness (QED) is 0.259. The predicted octanol–water partition coefficient (Wildman–Crippen LogP) is 3.84. The molecule has 0 aliphatic rings. The number of carbonyl (C=O) groups is 1. The molecule has 0 aliphatic carbocycles. The molecule has 0 spiro atoms. The second-order valence-corrected chi connectivity index (χ2v) is 10.2. The van der Waals surface area contributed by atoms with E-state index in [1.807, 2.05) is 6.92 Å². The topological polar surface area (TPSA) is 64.0 Å². The van der Waals surface area contributed by atoms with E-state index < -0.39 is 25.9 Å². The maximum Gasteiger partial charge on any atom is 0.572 e.